The molecule has 0 aliphatic carbocycles. The van der Waals surface area contributed by atoms with Gasteiger partial charge in [-0.2, -0.15) is 0 Å². The third kappa shape index (κ3) is 2.40. The van der Waals surface area contributed by atoms with Gasteiger partial charge in [0.25, 0.3) is 0 Å². The Kier molecular flexibility index (Phi) is 3.54. The average molecular weight is 224 g/mol. The van der Waals surface area contributed by atoms with Crippen molar-refractivity contribution in [1.29, 1.82) is 0 Å². The zero-order valence-electron chi connectivity index (χ0n) is 9.26. The highest BCUT2D eigenvalue weighted by Gasteiger charge is 2.20. The predicted octanol–water partition coefficient (Wildman–Crippen LogP) is 3.33. The molecular weight excluding hydrogens is 208 g/mol. The van der Waals surface area contributed by atoms with Crippen molar-refractivity contribution in [2.24, 2.45) is 0 Å². The summed E-state index contributed by atoms with van der Waals surface area (Å²) in [4.78, 5) is 2.15. The van der Waals surface area contributed by atoms with Gasteiger partial charge in [-0.05, 0) is 38.9 Å². The van der Waals surface area contributed by atoms with Crippen LogP contribution in [-0.4, -0.2) is 18.0 Å². The molecule has 1 aromatic carbocycles. The molecular formula is C13H16F2N. The molecule has 1 heterocycles. The molecule has 1 unspecified atom stereocenters. The highest BCUT2D eigenvalue weighted by Crippen LogP contribution is 2.25. The third-order valence-corrected chi connectivity index (χ3v) is 3.15. The lowest BCUT2D eigenvalue weighted by molar-refractivity contribution is 0.187. The fourth-order valence-electron chi connectivity index (χ4n) is 2.20. The molecule has 0 aromatic heterocycles. The Hall–Kier alpha value is -0.960. The molecule has 1 saturated heterocycles. The minimum Gasteiger partial charge on any atom is -0.296 e. The van der Waals surface area contributed by atoms with Crippen LogP contribution in [0.2, 0.25) is 0 Å². The molecule has 0 spiro atoms. The first-order valence-corrected chi connectivity index (χ1v) is 5.70. The Morgan fingerprint density at radius 1 is 1.12 bits per heavy atom. The van der Waals surface area contributed by atoms with E-state index in [-0.39, 0.29) is 6.04 Å². The lowest BCUT2D eigenvalue weighted by Crippen LogP contribution is -2.32. The fourth-order valence-corrected chi connectivity index (χ4v) is 2.20. The zero-order valence-corrected chi connectivity index (χ0v) is 9.26. The van der Waals surface area contributed by atoms with E-state index in [0.717, 1.165) is 32.0 Å². The maximum absolute atomic E-state index is 13.5. The Bertz CT molecular complexity index is 359. The van der Waals surface area contributed by atoms with Gasteiger partial charge in [0.2, 0.25) is 0 Å². The highest BCUT2D eigenvalue weighted by atomic mass is 19.1. The van der Waals surface area contributed by atoms with Crippen LogP contribution in [-0.2, 0) is 0 Å². The van der Waals surface area contributed by atoms with E-state index in [1.165, 1.54) is 18.6 Å². The van der Waals surface area contributed by atoms with Gasteiger partial charge in [-0.3, -0.25) is 4.90 Å². The lowest BCUT2D eigenvalue weighted by atomic mass is 10.0. The molecule has 16 heavy (non-hydrogen) atoms. The van der Waals surface area contributed by atoms with Crippen molar-refractivity contribution >= 4 is 0 Å². The SMILES string of the molecule is [CH2]C(c1ccc(F)cc1F)N1CCCCC1. The van der Waals surface area contributed by atoms with Crippen LogP contribution in [0.4, 0.5) is 8.78 Å². The number of nitrogens with zero attached hydrogens (tertiary/aromatic N) is 1. The molecule has 0 saturated carbocycles. The van der Waals surface area contributed by atoms with E-state index in [1.807, 2.05) is 0 Å². The van der Waals surface area contributed by atoms with Crippen LogP contribution < -0.4 is 0 Å². The van der Waals surface area contributed by atoms with Gasteiger partial charge >= 0.3 is 0 Å². The van der Waals surface area contributed by atoms with Crippen molar-refractivity contribution in [1.82, 2.24) is 4.90 Å². The van der Waals surface area contributed by atoms with Crippen LogP contribution in [0.25, 0.3) is 0 Å². The second kappa shape index (κ2) is 4.91. The molecule has 1 aliphatic rings. The van der Waals surface area contributed by atoms with Crippen LogP contribution in [0.5, 0.6) is 0 Å². The maximum atomic E-state index is 13.5. The molecule has 1 atom stereocenters. The summed E-state index contributed by atoms with van der Waals surface area (Å²) in [6, 6.07) is 3.51. The number of hydrogen-bond acceptors (Lipinski definition) is 1. The zero-order chi connectivity index (χ0) is 11.5. The van der Waals surface area contributed by atoms with Crippen LogP contribution in [0.1, 0.15) is 30.9 Å². The summed E-state index contributed by atoms with van der Waals surface area (Å²) in [5.74, 6) is -1.03. The van der Waals surface area contributed by atoms with Crippen molar-refractivity contribution < 1.29 is 8.78 Å². The van der Waals surface area contributed by atoms with E-state index < -0.39 is 11.6 Å². The summed E-state index contributed by atoms with van der Waals surface area (Å²) in [5.41, 5.74) is 0.489. The molecule has 1 aromatic rings. The van der Waals surface area contributed by atoms with Crippen molar-refractivity contribution in [3.05, 3.63) is 42.3 Å². The van der Waals surface area contributed by atoms with Gasteiger partial charge < -0.3 is 0 Å². The van der Waals surface area contributed by atoms with E-state index in [1.54, 1.807) is 0 Å². The van der Waals surface area contributed by atoms with E-state index in [2.05, 4.69) is 11.8 Å². The quantitative estimate of drug-likeness (QED) is 0.744. The van der Waals surface area contributed by atoms with Crippen LogP contribution in [0, 0.1) is 18.6 Å². The third-order valence-electron chi connectivity index (χ3n) is 3.15. The summed E-state index contributed by atoms with van der Waals surface area (Å²) in [6.07, 6.45) is 3.50. The second-order valence-corrected chi connectivity index (χ2v) is 4.28. The monoisotopic (exact) mass is 224 g/mol. The van der Waals surface area contributed by atoms with Crippen molar-refractivity contribution in [3.8, 4) is 0 Å². The molecule has 0 bridgehead atoms. The molecule has 0 N–H and O–H groups in total. The average Bonchev–Trinajstić information content (AvgIpc) is 2.29. The Morgan fingerprint density at radius 2 is 1.81 bits per heavy atom. The molecule has 1 nitrogen and oxygen atoms in total. The Morgan fingerprint density at radius 3 is 2.44 bits per heavy atom. The number of piperidine rings is 1. The summed E-state index contributed by atoms with van der Waals surface area (Å²) in [5, 5.41) is 0. The van der Waals surface area contributed by atoms with E-state index >= 15 is 0 Å². The van der Waals surface area contributed by atoms with E-state index in [9.17, 15) is 8.78 Å². The molecule has 1 aliphatic heterocycles. The number of hydrogen-bond donors (Lipinski definition) is 0. The number of likely N-dealkylation sites (tertiary alicyclic amines) is 1. The number of benzene rings is 1. The second-order valence-electron chi connectivity index (χ2n) is 4.28. The topological polar surface area (TPSA) is 3.24 Å². The first kappa shape index (κ1) is 11.5. The first-order chi connectivity index (χ1) is 7.68. The van der Waals surface area contributed by atoms with Gasteiger partial charge in [0.1, 0.15) is 11.6 Å². The minimum absolute atomic E-state index is 0.208. The normalized spacial score (nSPS) is 19.7. The standard InChI is InChI=1S/C13H16F2N/c1-10(16-7-3-2-4-8-16)12-6-5-11(14)9-13(12)15/h5-6,9-10H,1-4,7-8H2. The number of rotatable bonds is 2. The number of halogens is 2. The summed E-state index contributed by atoms with van der Waals surface area (Å²) < 4.78 is 26.3. The molecule has 3 heteroatoms. The smallest absolute Gasteiger partial charge is 0.130 e. The van der Waals surface area contributed by atoms with Crippen LogP contribution >= 0.6 is 0 Å². The van der Waals surface area contributed by atoms with Gasteiger partial charge in [-0.1, -0.05) is 12.5 Å². The Balaban J connectivity index is 2.15. The van der Waals surface area contributed by atoms with Gasteiger partial charge in [0, 0.05) is 17.7 Å². The van der Waals surface area contributed by atoms with Crippen molar-refractivity contribution in [2.75, 3.05) is 13.1 Å². The predicted molar refractivity (Wildman–Crippen MR) is 59.9 cm³/mol. The van der Waals surface area contributed by atoms with Gasteiger partial charge in [-0.25, -0.2) is 8.78 Å². The summed E-state index contributed by atoms with van der Waals surface area (Å²) >= 11 is 0. The van der Waals surface area contributed by atoms with E-state index in [4.69, 9.17) is 0 Å². The summed E-state index contributed by atoms with van der Waals surface area (Å²) in [6.45, 7) is 5.88. The molecule has 0 amide bonds. The van der Waals surface area contributed by atoms with Gasteiger partial charge in [-0.15, -0.1) is 0 Å². The maximum Gasteiger partial charge on any atom is 0.130 e. The molecule has 2 rings (SSSR count). The van der Waals surface area contributed by atoms with Crippen LogP contribution in [0.3, 0.4) is 0 Å². The van der Waals surface area contributed by atoms with Crippen LogP contribution in [0.15, 0.2) is 18.2 Å². The highest BCUT2D eigenvalue weighted by molar-refractivity contribution is 5.23. The van der Waals surface area contributed by atoms with Crippen molar-refractivity contribution in [2.45, 2.75) is 25.3 Å². The lowest BCUT2D eigenvalue weighted by Gasteiger charge is -2.32. The van der Waals surface area contributed by atoms with Gasteiger partial charge in [0.05, 0.1) is 0 Å². The molecule has 87 valence electrons. The minimum atomic E-state index is -0.535. The first-order valence-electron chi connectivity index (χ1n) is 5.70. The fraction of sp³-hybridized carbons (Fsp3) is 0.462. The van der Waals surface area contributed by atoms with Crippen molar-refractivity contribution in [3.63, 3.8) is 0 Å². The molecule has 1 radical (unpaired) electrons. The summed E-state index contributed by atoms with van der Waals surface area (Å²) in [7, 11) is 0. The largest absolute Gasteiger partial charge is 0.296 e. The van der Waals surface area contributed by atoms with Gasteiger partial charge in [0.15, 0.2) is 0 Å². The van der Waals surface area contributed by atoms with E-state index in [0.29, 0.717) is 5.56 Å². The Labute approximate surface area is 95.1 Å². The molecule has 1 fully saturated rings.